The van der Waals surface area contributed by atoms with Gasteiger partial charge in [-0.25, -0.2) is 10.3 Å². The van der Waals surface area contributed by atoms with E-state index in [1.807, 2.05) is 0 Å². The lowest BCUT2D eigenvalue weighted by atomic mass is 10.1. The van der Waals surface area contributed by atoms with E-state index in [1.54, 1.807) is 24.3 Å². The summed E-state index contributed by atoms with van der Waals surface area (Å²) in [7, 11) is 0. The first-order chi connectivity index (χ1) is 9.07. The number of benzene rings is 1. The molecule has 0 bridgehead atoms. The van der Waals surface area contributed by atoms with E-state index in [-0.39, 0.29) is 29.6 Å². The minimum absolute atomic E-state index is 0.00495. The molecular weight excluding hydrogens is 250 g/mol. The van der Waals surface area contributed by atoms with Gasteiger partial charge in [0.1, 0.15) is 11.4 Å². The number of nitrogens with zero attached hydrogens (tertiary/aromatic N) is 1. The highest BCUT2D eigenvalue weighted by atomic mass is 16.5. The second kappa shape index (κ2) is 5.37. The molecule has 1 aliphatic rings. The van der Waals surface area contributed by atoms with Gasteiger partial charge in [0.25, 0.3) is 5.70 Å². The molecule has 102 valence electrons. The first-order valence-electron chi connectivity index (χ1n) is 5.82. The van der Waals surface area contributed by atoms with Gasteiger partial charge in [0.05, 0.1) is 6.61 Å². The zero-order chi connectivity index (χ0) is 14.0. The molecule has 0 saturated heterocycles. The van der Waals surface area contributed by atoms with Crippen LogP contribution in [0, 0.1) is 0 Å². The van der Waals surface area contributed by atoms with Crippen LogP contribution in [0.3, 0.4) is 0 Å². The first kappa shape index (κ1) is 13.5. The summed E-state index contributed by atoms with van der Waals surface area (Å²) < 4.78 is 0. The highest BCUT2D eigenvalue weighted by molar-refractivity contribution is 5.93. The number of aliphatic hydroxyl groups is 1. The van der Waals surface area contributed by atoms with E-state index < -0.39 is 5.91 Å². The summed E-state index contributed by atoms with van der Waals surface area (Å²) in [5.41, 5.74) is 1.02. The molecule has 1 atom stereocenters. The van der Waals surface area contributed by atoms with Gasteiger partial charge >= 0.3 is 5.91 Å². The van der Waals surface area contributed by atoms with E-state index in [9.17, 15) is 15.2 Å². The smallest absolute Gasteiger partial charge is 0.310 e. The number of quaternary nitrogens is 1. The number of carbonyl (C=O) groups is 1. The van der Waals surface area contributed by atoms with E-state index in [0.717, 1.165) is 5.06 Å². The van der Waals surface area contributed by atoms with Gasteiger partial charge in [0.15, 0.2) is 5.69 Å². The van der Waals surface area contributed by atoms with Crippen LogP contribution in [-0.4, -0.2) is 34.6 Å². The maximum atomic E-state index is 11.9. The fourth-order valence-corrected chi connectivity index (χ4v) is 1.98. The van der Waals surface area contributed by atoms with Crippen molar-refractivity contribution in [2.24, 2.45) is 0 Å². The van der Waals surface area contributed by atoms with Crippen molar-refractivity contribution in [2.45, 2.75) is 6.92 Å². The second-order valence-corrected chi connectivity index (χ2v) is 4.12. The van der Waals surface area contributed by atoms with Gasteiger partial charge in [0.2, 0.25) is 0 Å². The molecule has 19 heavy (non-hydrogen) atoms. The van der Waals surface area contributed by atoms with Crippen LogP contribution < -0.4 is 15.4 Å². The normalized spacial score (nSPS) is 18.3. The Labute approximate surface area is 109 Å². The summed E-state index contributed by atoms with van der Waals surface area (Å²) in [6.07, 6.45) is 0. The van der Waals surface area contributed by atoms with Gasteiger partial charge < -0.3 is 10.4 Å². The Kier molecular flexibility index (Phi) is 3.82. The highest BCUT2D eigenvalue weighted by Gasteiger charge is 2.36. The third-order valence-corrected chi connectivity index (χ3v) is 2.93. The Morgan fingerprint density at radius 3 is 2.79 bits per heavy atom. The number of carbonyl (C=O) groups excluding carboxylic acids is 1. The molecule has 0 saturated carbocycles. The minimum Gasteiger partial charge on any atom is -0.395 e. The molecule has 1 aromatic rings. The molecule has 1 heterocycles. The van der Waals surface area contributed by atoms with Gasteiger partial charge in [-0.15, -0.1) is 5.06 Å². The summed E-state index contributed by atoms with van der Waals surface area (Å²) >= 11 is 0. The van der Waals surface area contributed by atoms with Crippen molar-refractivity contribution in [3.8, 4) is 0 Å². The standard InChI is InChI=1S/C12H15N3O4/c1-8-11(12(17)13-6-7-16)15(19)10-5-3-2-4-9(10)14(8)18/h2-5,16,18-19H,6-7H2,1H3,(H,13,17)/p+1. The largest absolute Gasteiger partial charge is 0.395 e. The van der Waals surface area contributed by atoms with Gasteiger partial charge in [-0.2, -0.15) is 0 Å². The van der Waals surface area contributed by atoms with Crippen molar-refractivity contribution in [3.63, 3.8) is 0 Å². The van der Waals surface area contributed by atoms with Crippen LogP contribution >= 0.6 is 0 Å². The molecule has 0 aliphatic carbocycles. The summed E-state index contributed by atoms with van der Waals surface area (Å²) in [6, 6.07) is 6.67. The van der Waals surface area contributed by atoms with Crippen molar-refractivity contribution >= 4 is 17.3 Å². The minimum atomic E-state index is -0.544. The van der Waals surface area contributed by atoms with Crippen LogP contribution in [0.1, 0.15) is 6.92 Å². The zero-order valence-electron chi connectivity index (χ0n) is 10.4. The first-order valence-corrected chi connectivity index (χ1v) is 5.82. The van der Waals surface area contributed by atoms with E-state index in [1.165, 1.54) is 6.92 Å². The average molecular weight is 266 g/mol. The Hall–Kier alpha value is -1.93. The summed E-state index contributed by atoms with van der Waals surface area (Å²) in [5, 5.41) is 32.0. The molecule has 1 amide bonds. The van der Waals surface area contributed by atoms with Crippen molar-refractivity contribution in [1.29, 1.82) is 0 Å². The zero-order valence-corrected chi connectivity index (χ0v) is 10.4. The number of hydroxylamine groups is 2. The third-order valence-electron chi connectivity index (χ3n) is 2.93. The lowest BCUT2D eigenvalue weighted by Crippen LogP contribution is -3.05. The molecule has 1 aliphatic heterocycles. The maximum absolute atomic E-state index is 11.9. The van der Waals surface area contributed by atoms with Crippen molar-refractivity contribution in [1.82, 2.24) is 5.32 Å². The van der Waals surface area contributed by atoms with Gasteiger partial charge in [-0.1, -0.05) is 12.1 Å². The van der Waals surface area contributed by atoms with Crippen LogP contribution in [0.15, 0.2) is 35.7 Å². The summed E-state index contributed by atoms with van der Waals surface area (Å²) in [6.45, 7) is 1.41. The molecule has 0 aromatic heterocycles. The van der Waals surface area contributed by atoms with Gasteiger partial charge in [-0.05, 0) is 13.0 Å². The number of hydrogen-bond acceptors (Lipinski definition) is 5. The lowest BCUT2D eigenvalue weighted by molar-refractivity contribution is -0.998. The van der Waals surface area contributed by atoms with E-state index in [2.05, 4.69) is 5.32 Å². The number of allylic oxidation sites excluding steroid dienone is 1. The molecule has 0 spiro atoms. The molecule has 1 aromatic carbocycles. The molecule has 0 radical (unpaired) electrons. The second-order valence-electron chi connectivity index (χ2n) is 4.12. The fourth-order valence-electron chi connectivity index (χ4n) is 1.98. The number of nitrogens with one attached hydrogen (secondary N) is 2. The van der Waals surface area contributed by atoms with E-state index in [4.69, 9.17) is 5.11 Å². The van der Waals surface area contributed by atoms with E-state index in [0.29, 0.717) is 11.4 Å². The molecule has 1 unspecified atom stereocenters. The number of para-hydroxylation sites is 2. The third kappa shape index (κ3) is 2.32. The molecule has 0 fully saturated rings. The number of fused-ring (bicyclic) bond motifs is 1. The fraction of sp³-hybridized carbons (Fsp3) is 0.250. The monoisotopic (exact) mass is 266 g/mol. The molecule has 7 nitrogen and oxygen atoms in total. The molecule has 7 heteroatoms. The summed E-state index contributed by atoms with van der Waals surface area (Å²) in [5.74, 6) is -0.544. The highest BCUT2D eigenvalue weighted by Crippen LogP contribution is 2.28. The molecular formula is C12H16N3O4+. The van der Waals surface area contributed by atoms with Crippen LogP contribution in [0.5, 0.6) is 0 Å². The van der Waals surface area contributed by atoms with Crippen LogP contribution in [0.25, 0.3) is 0 Å². The van der Waals surface area contributed by atoms with Gasteiger partial charge in [-0.3, -0.25) is 10.0 Å². The number of amides is 1. The van der Waals surface area contributed by atoms with Crippen LogP contribution in [0.2, 0.25) is 0 Å². The average Bonchev–Trinajstić information content (AvgIpc) is 2.43. The Bertz CT molecular complexity index is 529. The molecule has 2 rings (SSSR count). The van der Waals surface area contributed by atoms with E-state index >= 15 is 0 Å². The Morgan fingerprint density at radius 1 is 1.42 bits per heavy atom. The summed E-state index contributed by atoms with van der Waals surface area (Å²) in [4.78, 5) is 11.9. The van der Waals surface area contributed by atoms with Gasteiger partial charge in [0, 0.05) is 12.6 Å². The predicted molar refractivity (Wildman–Crippen MR) is 65.9 cm³/mol. The van der Waals surface area contributed by atoms with Crippen molar-refractivity contribution in [2.75, 3.05) is 18.2 Å². The van der Waals surface area contributed by atoms with Crippen LogP contribution in [0.4, 0.5) is 11.4 Å². The Balaban J connectivity index is 2.39. The maximum Gasteiger partial charge on any atom is 0.310 e. The number of anilines is 1. The van der Waals surface area contributed by atoms with Crippen molar-refractivity contribution in [3.05, 3.63) is 35.7 Å². The quantitative estimate of drug-likeness (QED) is 0.490. The topological polar surface area (TPSA) is 97.5 Å². The number of aliphatic hydroxyl groups excluding tert-OH is 1. The number of rotatable bonds is 3. The lowest BCUT2D eigenvalue weighted by Gasteiger charge is -2.28. The Morgan fingerprint density at radius 2 is 2.11 bits per heavy atom. The molecule has 5 N–H and O–H groups in total. The van der Waals surface area contributed by atoms with Crippen molar-refractivity contribution < 1.29 is 25.4 Å². The predicted octanol–water partition coefficient (Wildman–Crippen LogP) is -0.859. The SMILES string of the molecule is CC1=C(C(=O)NCCO)[NH+](O)c2ccccc2N1O. The van der Waals surface area contributed by atoms with Crippen LogP contribution in [-0.2, 0) is 4.79 Å². The number of hydrogen-bond donors (Lipinski definition) is 5.